The van der Waals surface area contributed by atoms with Crippen molar-refractivity contribution in [2.24, 2.45) is 5.41 Å². The van der Waals surface area contributed by atoms with Crippen LogP contribution in [-0.4, -0.2) is 56.8 Å². The second kappa shape index (κ2) is 7.74. The number of methoxy groups -OCH3 is 1. The van der Waals surface area contributed by atoms with Crippen molar-refractivity contribution < 1.29 is 17.9 Å². The van der Waals surface area contributed by atoms with Crippen molar-refractivity contribution >= 4 is 15.9 Å². The Morgan fingerprint density at radius 1 is 1.08 bits per heavy atom. The minimum Gasteiger partial charge on any atom is -0.497 e. The molecule has 1 aliphatic heterocycles. The molecule has 0 aliphatic carbocycles. The van der Waals surface area contributed by atoms with Gasteiger partial charge in [-0.15, -0.1) is 0 Å². The van der Waals surface area contributed by atoms with Crippen LogP contribution in [0.1, 0.15) is 33.6 Å². The Bertz CT molecular complexity index is 693. The van der Waals surface area contributed by atoms with Gasteiger partial charge in [-0.2, -0.15) is 4.31 Å². The lowest BCUT2D eigenvalue weighted by Crippen LogP contribution is -2.38. The van der Waals surface area contributed by atoms with Crippen molar-refractivity contribution in [3.63, 3.8) is 0 Å². The van der Waals surface area contributed by atoms with Crippen LogP contribution in [0.25, 0.3) is 0 Å². The summed E-state index contributed by atoms with van der Waals surface area (Å²) in [7, 11) is -2.01. The van der Waals surface area contributed by atoms with Crippen molar-refractivity contribution in [2.45, 2.75) is 38.5 Å². The summed E-state index contributed by atoms with van der Waals surface area (Å²) < 4.78 is 32.2. The monoisotopic (exact) mass is 368 g/mol. The number of ether oxygens (including phenoxy) is 1. The second-order valence-electron chi connectivity index (χ2n) is 7.55. The van der Waals surface area contributed by atoms with Gasteiger partial charge in [0.2, 0.25) is 15.9 Å². The Morgan fingerprint density at radius 2 is 1.72 bits per heavy atom. The van der Waals surface area contributed by atoms with E-state index in [2.05, 4.69) is 0 Å². The van der Waals surface area contributed by atoms with Crippen LogP contribution in [0.2, 0.25) is 0 Å². The highest BCUT2D eigenvalue weighted by Crippen LogP contribution is 2.23. The number of carbonyl (C=O) groups is 1. The van der Waals surface area contributed by atoms with Gasteiger partial charge in [0.1, 0.15) is 5.75 Å². The Morgan fingerprint density at radius 3 is 2.28 bits per heavy atom. The average molecular weight is 368 g/mol. The number of amides is 1. The highest BCUT2D eigenvalue weighted by atomic mass is 32.2. The summed E-state index contributed by atoms with van der Waals surface area (Å²) in [4.78, 5) is 14.4. The molecule has 6 nitrogen and oxygen atoms in total. The van der Waals surface area contributed by atoms with Gasteiger partial charge in [-0.3, -0.25) is 4.79 Å². The predicted octanol–water partition coefficient (Wildman–Crippen LogP) is 2.35. The van der Waals surface area contributed by atoms with Crippen LogP contribution in [0.3, 0.4) is 0 Å². The molecule has 1 aromatic carbocycles. The molecule has 1 aliphatic rings. The highest BCUT2D eigenvalue weighted by Gasteiger charge is 2.29. The van der Waals surface area contributed by atoms with Gasteiger partial charge in [-0.1, -0.05) is 20.8 Å². The molecule has 7 heteroatoms. The zero-order valence-electron chi connectivity index (χ0n) is 15.5. The molecule has 0 radical (unpaired) electrons. The Hall–Kier alpha value is -1.60. The molecule has 1 saturated heterocycles. The van der Waals surface area contributed by atoms with E-state index < -0.39 is 10.0 Å². The predicted molar refractivity (Wildman–Crippen MR) is 97.0 cm³/mol. The summed E-state index contributed by atoms with van der Waals surface area (Å²) in [5.41, 5.74) is -0.0712. The van der Waals surface area contributed by atoms with Crippen LogP contribution in [0.4, 0.5) is 0 Å². The standard InChI is InChI=1S/C18H28N2O4S/c1-18(2,3)14-17(21)19-10-5-11-20(13-12-19)25(22,23)16-8-6-15(24-4)7-9-16/h6-9H,5,10-14H2,1-4H3. The van der Waals surface area contributed by atoms with Gasteiger partial charge in [-0.05, 0) is 36.1 Å². The normalized spacial score (nSPS) is 17.2. The average Bonchev–Trinajstić information content (AvgIpc) is 2.80. The van der Waals surface area contributed by atoms with E-state index >= 15 is 0 Å². The third-order valence-electron chi connectivity index (χ3n) is 4.19. The topological polar surface area (TPSA) is 66.9 Å². The molecule has 0 saturated carbocycles. The molecular formula is C18H28N2O4S. The maximum atomic E-state index is 12.8. The SMILES string of the molecule is COc1ccc(S(=O)(=O)N2CCCN(C(=O)CC(C)(C)C)CC2)cc1. The molecular weight excluding hydrogens is 340 g/mol. The van der Waals surface area contributed by atoms with Crippen molar-refractivity contribution in [3.05, 3.63) is 24.3 Å². The van der Waals surface area contributed by atoms with E-state index in [-0.39, 0.29) is 16.2 Å². The highest BCUT2D eigenvalue weighted by molar-refractivity contribution is 7.89. The minimum absolute atomic E-state index is 0.0712. The first-order chi connectivity index (χ1) is 11.6. The van der Waals surface area contributed by atoms with Crippen LogP contribution in [0, 0.1) is 5.41 Å². The van der Waals surface area contributed by atoms with Gasteiger partial charge in [0.25, 0.3) is 0 Å². The minimum atomic E-state index is -3.55. The van der Waals surface area contributed by atoms with Crippen molar-refractivity contribution in [1.29, 1.82) is 0 Å². The molecule has 1 fully saturated rings. The zero-order valence-corrected chi connectivity index (χ0v) is 16.3. The number of nitrogens with zero attached hydrogens (tertiary/aromatic N) is 2. The molecule has 0 unspecified atom stereocenters. The lowest BCUT2D eigenvalue weighted by molar-refractivity contribution is -0.132. The maximum Gasteiger partial charge on any atom is 0.243 e. The number of sulfonamides is 1. The van der Waals surface area contributed by atoms with Crippen LogP contribution in [0.15, 0.2) is 29.2 Å². The number of benzene rings is 1. The molecule has 0 N–H and O–H groups in total. The summed E-state index contributed by atoms with van der Waals surface area (Å²) >= 11 is 0. The molecule has 1 amide bonds. The fourth-order valence-corrected chi connectivity index (χ4v) is 4.32. The van der Waals surface area contributed by atoms with Crippen LogP contribution in [-0.2, 0) is 14.8 Å². The zero-order chi connectivity index (χ0) is 18.7. The second-order valence-corrected chi connectivity index (χ2v) is 9.49. The first-order valence-corrected chi connectivity index (χ1v) is 9.99. The lowest BCUT2D eigenvalue weighted by Gasteiger charge is -2.25. The van der Waals surface area contributed by atoms with Gasteiger partial charge < -0.3 is 9.64 Å². The third kappa shape index (κ3) is 5.19. The van der Waals surface area contributed by atoms with Gasteiger partial charge in [0.15, 0.2) is 0 Å². The number of hydrogen-bond donors (Lipinski definition) is 0. The van der Waals surface area contributed by atoms with Crippen LogP contribution in [0.5, 0.6) is 5.75 Å². The smallest absolute Gasteiger partial charge is 0.243 e. The van der Waals surface area contributed by atoms with Gasteiger partial charge >= 0.3 is 0 Å². The molecule has 1 aromatic rings. The van der Waals surface area contributed by atoms with E-state index in [0.29, 0.717) is 44.8 Å². The van der Waals surface area contributed by atoms with E-state index in [1.54, 1.807) is 36.3 Å². The van der Waals surface area contributed by atoms with Crippen LogP contribution < -0.4 is 4.74 Å². The molecule has 0 bridgehead atoms. The van der Waals surface area contributed by atoms with E-state index in [1.165, 1.54) is 4.31 Å². The molecule has 0 aromatic heterocycles. The lowest BCUT2D eigenvalue weighted by atomic mass is 9.91. The molecule has 0 spiro atoms. The van der Waals surface area contributed by atoms with E-state index in [1.807, 2.05) is 20.8 Å². The fraction of sp³-hybridized carbons (Fsp3) is 0.611. The van der Waals surface area contributed by atoms with Crippen molar-refractivity contribution in [3.8, 4) is 5.75 Å². The molecule has 0 atom stereocenters. The quantitative estimate of drug-likeness (QED) is 0.818. The Labute approximate surface area is 150 Å². The molecule has 25 heavy (non-hydrogen) atoms. The van der Waals surface area contributed by atoms with E-state index in [9.17, 15) is 13.2 Å². The molecule has 2 rings (SSSR count). The van der Waals surface area contributed by atoms with E-state index in [4.69, 9.17) is 4.74 Å². The largest absolute Gasteiger partial charge is 0.497 e. The first kappa shape index (κ1) is 19.7. The number of rotatable bonds is 4. The molecule has 1 heterocycles. The Balaban J connectivity index is 2.07. The summed E-state index contributed by atoms with van der Waals surface area (Å²) in [6, 6.07) is 6.40. The summed E-state index contributed by atoms with van der Waals surface area (Å²) in [5.74, 6) is 0.713. The van der Waals surface area contributed by atoms with Crippen molar-refractivity contribution in [2.75, 3.05) is 33.3 Å². The number of carbonyl (C=O) groups excluding carboxylic acids is 1. The number of hydrogen-bond acceptors (Lipinski definition) is 4. The van der Waals surface area contributed by atoms with Crippen molar-refractivity contribution in [1.82, 2.24) is 9.21 Å². The first-order valence-electron chi connectivity index (χ1n) is 8.55. The van der Waals surface area contributed by atoms with Crippen LogP contribution >= 0.6 is 0 Å². The molecule has 140 valence electrons. The van der Waals surface area contributed by atoms with Gasteiger partial charge in [0, 0.05) is 32.6 Å². The van der Waals surface area contributed by atoms with Gasteiger partial charge in [0.05, 0.1) is 12.0 Å². The maximum absolute atomic E-state index is 12.8. The summed E-state index contributed by atoms with van der Waals surface area (Å²) in [6.07, 6.45) is 1.11. The third-order valence-corrected chi connectivity index (χ3v) is 6.10. The fourth-order valence-electron chi connectivity index (χ4n) is 2.85. The summed E-state index contributed by atoms with van der Waals surface area (Å²) in [6.45, 7) is 7.88. The van der Waals surface area contributed by atoms with E-state index in [0.717, 1.165) is 0 Å². The Kier molecular flexibility index (Phi) is 6.11. The van der Waals surface area contributed by atoms with Gasteiger partial charge in [-0.25, -0.2) is 8.42 Å². The summed E-state index contributed by atoms with van der Waals surface area (Å²) in [5, 5.41) is 0.